The SMILES string of the molecule is Nc1nc(-c2cccc(Cl)c2Cl)c2cn[nH]c2n1. The Kier molecular flexibility index (Phi) is 2.57. The smallest absolute Gasteiger partial charge is 0.222 e. The number of hydrogen-bond acceptors (Lipinski definition) is 4. The van der Waals surface area contributed by atoms with E-state index >= 15 is 0 Å². The summed E-state index contributed by atoms with van der Waals surface area (Å²) in [6, 6.07) is 5.33. The van der Waals surface area contributed by atoms with Gasteiger partial charge < -0.3 is 5.73 Å². The van der Waals surface area contributed by atoms with Gasteiger partial charge in [0.1, 0.15) is 0 Å². The Morgan fingerprint density at radius 1 is 1.17 bits per heavy atom. The molecule has 2 heterocycles. The van der Waals surface area contributed by atoms with Crippen molar-refractivity contribution in [2.24, 2.45) is 0 Å². The van der Waals surface area contributed by atoms with Crippen molar-refractivity contribution in [1.29, 1.82) is 0 Å². The van der Waals surface area contributed by atoms with Gasteiger partial charge in [0.05, 0.1) is 27.3 Å². The second kappa shape index (κ2) is 4.12. The molecule has 3 aromatic rings. The van der Waals surface area contributed by atoms with Gasteiger partial charge in [-0.05, 0) is 6.07 Å². The highest BCUT2D eigenvalue weighted by atomic mass is 35.5. The van der Waals surface area contributed by atoms with Crippen LogP contribution in [0.25, 0.3) is 22.3 Å². The predicted molar refractivity (Wildman–Crippen MR) is 71.6 cm³/mol. The molecule has 0 aliphatic rings. The van der Waals surface area contributed by atoms with Crippen molar-refractivity contribution in [3.8, 4) is 11.3 Å². The van der Waals surface area contributed by atoms with Crippen LogP contribution in [0.15, 0.2) is 24.4 Å². The highest BCUT2D eigenvalue weighted by Gasteiger charge is 2.14. The summed E-state index contributed by atoms with van der Waals surface area (Å²) in [6.07, 6.45) is 1.63. The van der Waals surface area contributed by atoms with E-state index in [-0.39, 0.29) is 5.95 Å². The first-order chi connectivity index (χ1) is 8.66. The van der Waals surface area contributed by atoms with E-state index in [1.54, 1.807) is 18.3 Å². The molecule has 3 rings (SSSR count). The van der Waals surface area contributed by atoms with Crippen LogP contribution in [0, 0.1) is 0 Å². The van der Waals surface area contributed by atoms with Gasteiger partial charge in [-0.25, -0.2) is 4.98 Å². The van der Waals surface area contributed by atoms with Gasteiger partial charge in [0.15, 0.2) is 5.65 Å². The van der Waals surface area contributed by atoms with E-state index in [2.05, 4.69) is 20.2 Å². The fourth-order valence-corrected chi connectivity index (χ4v) is 2.13. The number of fused-ring (bicyclic) bond motifs is 1. The molecule has 0 spiro atoms. The van der Waals surface area contributed by atoms with Crippen molar-refractivity contribution in [2.45, 2.75) is 0 Å². The van der Waals surface area contributed by atoms with Gasteiger partial charge in [-0.15, -0.1) is 0 Å². The number of nitrogens with two attached hydrogens (primary N) is 1. The van der Waals surface area contributed by atoms with Crippen LogP contribution in [0.2, 0.25) is 10.0 Å². The van der Waals surface area contributed by atoms with Gasteiger partial charge in [0, 0.05) is 5.56 Å². The Balaban J connectivity index is 2.37. The van der Waals surface area contributed by atoms with Crippen LogP contribution in [0.5, 0.6) is 0 Å². The van der Waals surface area contributed by atoms with Crippen molar-refractivity contribution < 1.29 is 0 Å². The van der Waals surface area contributed by atoms with Crippen LogP contribution < -0.4 is 5.73 Å². The lowest BCUT2D eigenvalue weighted by molar-refractivity contribution is 1.09. The van der Waals surface area contributed by atoms with Gasteiger partial charge in [-0.1, -0.05) is 35.3 Å². The number of aromatic nitrogens is 4. The van der Waals surface area contributed by atoms with E-state index in [0.717, 1.165) is 5.39 Å². The Morgan fingerprint density at radius 3 is 2.83 bits per heavy atom. The highest BCUT2D eigenvalue weighted by molar-refractivity contribution is 6.43. The molecule has 18 heavy (non-hydrogen) atoms. The normalized spacial score (nSPS) is 11.0. The molecule has 0 bridgehead atoms. The maximum atomic E-state index is 6.18. The monoisotopic (exact) mass is 279 g/mol. The molecular weight excluding hydrogens is 273 g/mol. The largest absolute Gasteiger partial charge is 0.368 e. The number of halogens is 2. The van der Waals surface area contributed by atoms with Crippen molar-refractivity contribution in [2.75, 3.05) is 5.73 Å². The first-order valence-electron chi connectivity index (χ1n) is 5.08. The average Bonchev–Trinajstić information content (AvgIpc) is 2.79. The lowest BCUT2D eigenvalue weighted by Crippen LogP contribution is -1.97. The molecule has 5 nitrogen and oxygen atoms in total. The van der Waals surface area contributed by atoms with E-state index in [9.17, 15) is 0 Å². The third-order valence-corrected chi connectivity index (χ3v) is 3.35. The summed E-state index contributed by atoms with van der Waals surface area (Å²) in [5.74, 6) is 0.151. The molecule has 0 atom stereocenters. The first kappa shape index (κ1) is 11.3. The number of rotatable bonds is 1. The van der Waals surface area contributed by atoms with Gasteiger partial charge >= 0.3 is 0 Å². The molecule has 0 amide bonds. The predicted octanol–water partition coefficient (Wildman–Crippen LogP) is 2.91. The number of aromatic amines is 1. The zero-order chi connectivity index (χ0) is 12.7. The maximum Gasteiger partial charge on any atom is 0.222 e. The molecule has 90 valence electrons. The van der Waals surface area contributed by atoms with Crippen molar-refractivity contribution >= 4 is 40.2 Å². The van der Waals surface area contributed by atoms with E-state index in [4.69, 9.17) is 28.9 Å². The molecule has 0 radical (unpaired) electrons. The molecule has 1 aromatic carbocycles. The van der Waals surface area contributed by atoms with Gasteiger partial charge in [0.25, 0.3) is 0 Å². The zero-order valence-corrected chi connectivity index (χ0v) is 10.5. The number of H-pyrrole nitrogens is 1. The zero-order valence-electron chi connectivity index (χ0n) is 8.98. The summed E-state index contributed by atoms with van der Waals surface area (Å²) >= 11 is 12.2. The van der Waals surface area contributed by atoms with E-state index in [1.165, 1.54) is 0 Å². The maximum absolute atomic E-state index is 6.18. The number of nitrogen functional groups attached to an aromatic ring is 1. The Morgan fingerprint density at radius 2 is 2.00 bits per heavy atom. The lowest BCUT2D eigenvalue weighted by atomic mass is 10.1. The minimum absolute atomic E-state index is 0.151. The van der Waals surface area contributed by atoms with Gasteiger partial charge in [-0.2, -0.15) is 10.1 Å². The van der Waals surface area contributed by atoms with Crippen molar-refractivity contribution in [3.63, 3.8) is 0 Å². The van der Waals surface area contributed by atoms with E-state index in [0.29, 0.717) is 26.9 Å². The quantitative estimate of drug-likeness (QED) is 0.718. The van der Waals surface area contributed by atoms with Crippen LogP contribution in [-0.4, -0.2) is 20.2 Å². The number of nitrogens with one attached hydrogen (secondary N) is 1. The number of anilines is 1. The van der Waals surface area contributed by atoms with Gasteiger partial charge in [-0.3, -0.25) is 5.10 Å². The van der Waals surface area contributed by atoms with Crippen LogP contribution >= 0.6 is 23.2 Å². The van der Waals surface area contributed by atoms with Gasteiger partial charge in [0.2, 0.25) is 5.95 Å². The summed E-state index contributed by atoms with van der Waals surface area (Å²) in [5, 5.41) is 8.30. The third-order valence-electron chi connectivity index (χ3n) is 2.53. The van der Waals surface area contributed by atoms with Crippen LogP contribution in [-0.2, 0) is 0 Å². The number of benzene rings is 1. The first-order valence-corrected chi connectivity index (χ1v) is 5.83. The second-order valence-corrected chi connectivity index (χ2v) is 4.45. The summed E-state index contributed by atoms with van der Waals surface area (Å²) in [5.41, 5.74) is 7.54. The fraction of sp³-hybridized carbons (Fsp3) is 0. The van der Waals surface area contributed by atoms with E-state index in [1.807, 2.05) is 6.07 Å². The summed E-state index contributed by atoms with van der Waals surface area (Å²) in [4.78, 5) is 8.26. The summed E-state index contributed by atoms with van der Waals surface area (Å²) in [7, 11) is 0. The van der Waals surface area contributed by atoms with Crippen LogP contribution in [0.3, 0.4) is 0 Å². The molecule has 0 unspecified atom stereocenters. The summed E-state index contributed by atoms with van der Waals surface area (Å²) < 4.78 is 0. The topological polar surface area (TPSA) is 80.5 Å². The van der Waals surface area contributed by atoms with E-state index < -0.39 is 0 Å². The number of hydrogen-bond donors (Lipinski definition) is 2. The Labute approximate surface area is 112 Å². The molecule has 0 saturated carbocycles. The molecular formula is C11H7Cl2N5. The van der Waals surface area contributed by atoms with Crippen LogP contribution in [0.4, 0.5) is 5.95 Å². The van der Waals surface area contributed by atoms with Crippen LogP contribution in [0.1, 0.15) is 0 Å². The average molecular weight is 280 g/mol. The molecule has 0 saturated heterocycles. The minimum atomic E-state index is 0.151. The Bertz CT molecular complexity index is 737. The molecule has 0 aliphatic heterocycles. The third kappa shape index (κ3) is 1.68. The summed E-state index contributed by atoms with van der Waals surface area (Å²) in [6.45, 7) is 0. The molecule has 7 heteroatoms. The minimum Gasteiger partial charge on any atom is -0.368 e. The highest BCUT2D eigenvalue weighted by Crippen LogP contribution is 2.35. The molecule has 0 aliphatic carbocycles. The fourth-order valence-electron chi connectivity index (χ4n) is 1.74. The van der Waals surface area contributed by atoms with Crippen molar-refractivity contribution in [3.05, 3.63) is 34.4 Å². The molecule has 2 aromatic heterocycles. The van der Waals surface area contributed by atoms with Crippen molar-refractivity contribution in [1.82, 2.24) is 20.2 Å². The molecule has 3 N–H and O–H groups in total. The second-order valence-electron chi connectivity index (χ2n) is 3.66. The number of nitrogens with zero attached hydrogens (tertiary/aromatic N) is 3. The standard InChI is InChI=1S/C11H7Cl2N5/c12-7-3-1-2-5(8(7)13)9-6-4-15-18-10(6)17-11(14)16-9/h1-4H,(H3,14,15,16,17,18). The molecule has 0 fully saturated rings. The Hall–Kier alpha value is -1.85. The lowest BCUT2D eigenvalue weighted by Gasteiger charge is -2.06.